The fourth-order valence-electron chi connectivity index (χ4n) is 3.98. The molecule has 1 atom stereocenters. The second kappa shape index (κ2) is 9.88. The maximum Gasteiger partial charge on any atom is 0.338 e. The van der Waals surface area contributed by atoms with Gasteiger partial charge >= 0.3 is 5.97 Å². The van der Waals surface area contributed by atoms with Crippen molar-refractivity contribution in [2.24, 2.45) is 5.73 Å². The van der Waals surface area contributed by atoms with Crippen LogP contribution in [0.5, 0.6) is 0 Å². The quantitative estimate of drug-likeness (QED) is 0.288. The number of nitrogens with two attached hydrogens (primary N) is 1. The first kappa shape index (κ1) is 25.0. The number of aromatic nitrogens is 1. The van der Waals surface area contributed by atoms with E-state index in [9.17, 15) is 35.1 Å². The highest BCUT2D eigenvalue weighted by molar-refractivity contribution is 7.07. The molecule has 0 bridgehead atoms. The Balaban J connectivity index is 2.08. The van der Waals surface area contributed by atoms with Gasteiger partial charge in [0.2, 0.25) is 0 Å². The molecule has 12 nitrogen and oxygen atoms in total. The van der Waals surface area contributed by atoms with Gasteiger partial charge in [-0.05, 0) is 24.1 Å². The van der Waals surface area contributed by atoms with Gasteiger partial charge in [0, 0.05) is 24.3 Å². The van der Waals surface area contributed by atoms with Gasteiger partial charge in [-0.3, -0.25) is 29.6 Å². The van der Waals surface area contributed by atoms with E-state index in [-0.39, 0.29) is 49.7 Å². The minimum atomic E-state index is -1.13. The van der Waals surface area contributed by atoms with Crippen LogP contribution < -0.4 is 20.5 Å². The highest BCUT2D eigenvalue weighted by Crippen LogP contribution is 2.37. The van der Waals surface area contributed by atoms with Crippen molar-refractivity contribution in [2.45, 2.75) is 12.8 Å². The number of rotatable bonds is 6. The topological polar surface area (TPSA) is 184 Å². The Hall–Kier alpha value is -5.09. The molecule has 2 aromatic carbocycles. The van der Waals surface area contributed by atoms with E-state index < -0.39 is 27.3 Å². The standard InChI is InChI=1S/C24H17N5O7S/c1-2-36-24(31)20-19(14-6-4-8-16(11-14)29(34)35)17(12-25)21(26)27-22(30)18(37-23(20)27)10-13-5-3-7-15(9-13)28(32)33/h3-11,19H,2,26H2,1H3/b18-10-/t19-/m0/s1. The first-order valence-electron chi connectivity index (χ1n) is 10.7. The molecule has 1 aliphatic heterocycles. The maximum atomic E-state index is 13.4. The number of nitrogens with zero attached hydrogens (tertiary/aromatic N) is 4. The molecular formula is C24H17N5O7S. The molecule has 1 aliphatic rings. The zero-order chi connectivity index (χ0) is 26.9. The number of hydrogen-bond donors (Lipinski definition) is 1. The van der Waals surface area contributed by atoms with E-state index in [0.29, 0.717) is 5.56 Å². The zero-order valence-electron chi connectivity index (χ0n) is 19.1. The Kier molecular flexibility index (Phi) is 6.68. The number of hydrogen-bond acceptors (Lipinski definition) is 10. The van der Waals surface area contributed by atoms with Crippen molar-refractivity contribution in [3.05, 3.63) is 105 Å². The summed E-state index contributed by atoms with van der Waals surface area (Å²) in [7, 11) is 0. The lowest BCUT2D eigenvalue weighted by Gasteiger charge is -2.24. The molecule has 0 amide bonds. The first-order valence-corrected chi connectivity index (χ1v) is 11.5. The van der Waals surface area contributed by atoms with Gasteiger partial charge in [0.15, 0.2) is 0 Å². The van der Waals surface area contributed by atoms with Crippen LogP contribution in [0.2, 0.25) is 0 Å². The van der Waals surface area contributed by atoms with Crippen LogP contribution >= 0.6 is 11.3 Å². The van der Waals surface area contributed by atoms with Gasteiger partial charge in [0.1, 0.15) is 10.5 Å². The van der Waals surface area contributed by atoms with E-state index in [1.165, 1.54) is 48.5 Å². The second-order valence-electron chi connectivity index (χ2n) is 7.74. The van der Waals surface area contributed by atoms with Crippen LogP contribution in [-0.2, 0) is 9.53 Å². The third-order valence-electron chi connectivity index (χ3n) is 5.56. The smallest absolute Gasteiger partial charge is 0.338 e. The summed E-state index contributed by atoms with van der Waals surface area (Å²) in [6.45, 7) is 1.58. The summed E-state index contributed by atoms with van der Waals surface area (Å²) < 4.78 is 6.43. The number of nitriles is 1. The van der Waals surface area contributed by atoms with Crippen LogP contribution in [-0.4, -0.2) is 27.0 Å². The maximum absolute atomic E-state index is 13.4. The van der Waals surface area contributed by atoms with Crippen molar-refractivity contribution < 1.29 is 19.4 Å². The van der Waals surface area contributed by atoms with Gasteiger partial charge in [0.05, 0.1) is 44.1 Å². The number of esters is 1. The van der Waals surface area contributed by atoms with E-state index in [1.54, 1.807) is 13.0 Å². The molecule has 1 aromatic heterocycles. The monoisotopic (exact) mass is 519 g/mol. The number of nitro groups is 2. The van der Waals surface area contributed by atoms with Crippen LogP contribution in [0.3, 0.4) is 0 Å². The minimum absolute atomic E-state index is 0.00660. The molecule has 0 spiro atoms. The molecule has 0 unspecified atom stereocenters. The molecule has 2 N–H and O–H groups in total. The average Bonchev–Trinajstić information content (AvgIpc) is 3.19. The summed E-state index contributed by atoms with van der Waals surface area (Å²) in [5.74, 6) is -2.19. The highest BCUT2D eigenvalue weighted by atomic mass is 32.1. The summed E-state index contributed by atoms with van der Waals surface area (Å²) in [5, 5.41) is 32.5. The minimum Gasteiger partial charge on any atom is -0.463 e. The summed E-state index contributed by atoms with van der Waals surface area (Å²) in [6, 6.07) is 13.0. The van der Waals surface area contributed by atoms with E-state index in [2.05, 4.69) is 0 Å². The SMILES string of the molecule is CCOC(=O)C1=c2s/c(=C\c3cccc([N+](=O)[O-])c3)c(=O)n2C(N)=C(C#N)[C@@H]1c1cccc([N+](=O)[O-])c1. The Labute approximate surface area is 211 Å². The molecule has 0 saturated carbocycles. The Bertz CT molecular complexity index is 1730. The van der Waals surface area contributed by atoms with E-state index in [4.69, 9.17) is 10.5 Å². The van der Waals surface area contributed by atoms with Crippen LogP contribution in [0.15, 0.2) is 58.9 Å². The summed E-state index contributed by atoms with van der Waals surface area (Å²) in [5.41, 5.74) is 5.56. The average molecular weight is 519 g/mol. The Morgan fingerprint density at radius 1 is 1.19 bits per heavy atom. The Morgan fingerprint density at radius 3 is 2.46 bits per heavy atom. The number of allylic oxidation sites excluding steroid dienone is 1. The molecule has 0 fully saturated rings. The first-order chi connectivity index (χ1) is 17.7. The number of carbonyl (C=O) groups excluding carboxylic acids is 1. The molecule has 0 saturated heterocycles. The van der Waals surface area contributed by atoms with E-state index in [0.717, 1.165) is 15.9 Å². The van der Waals surface area contributed by atoms with Gasteiger partial charge in [-0.25, -0.2) is 4.79 Å². The van der Waals surface area contributed by atoms with Crippen LogP contribution in [0.25, 0.3) is 17.5 Å². The molecule has 2 heterocycles. The number of nitro benzene ring substituents is 2. The van der Waals surface area contributed by atoms with Gasteiger partial charge in [-0.1, -0.05) is 24.3 Å². The normalized spacial score (nSPS) is 15.2. The van der Waals surface area contributed by atoms with Crippen molar-refractivity contribution in [2.75, 3.05) is 6.61 Å². The second-order valence-corrected chi connectivity index (χ2v) is 8.77. The zero-order valence-corrected chi connectivity index (χ0v) is 19.9. The van der Waals surface area contributed by atoms with Crippen LogP contribution in [0, 0.1) is 31.6 Å². The van der Waals surface area contributed by atoms with Gasteiger partial charge in [0.25, 0.3) is 16.9 Å². The molecule has 186 valence electrons. The number of fused-ring (bicyclic) bond motifs is 1. The molecule has 37 heavy (non-hydrogen) atoms. The predicted molar refractivity (Wildman–Crippen MR) is 133 cm³/mol. The molecule has 4 rings (SSSR count). The van der Waals surface area contributed by atoms with E-state index in [1.807, 2.05) is 6.07 Å². The lowest BCUT2D eigenvalue weighted by atomic mass is 9.83. The number of carbonyl (C=O) groups is 1. The third kappa shape index (κ3) is 4.48. The molecule has 13 heteroatoms. The van der Waals surface area contributed by atoms with Gasteiger partial charge in [-0.15, -0.1) is 11.3 Å². The fourth-order valence-corrected chi connectivity index (χ4v) is 5.15. The van der Waals surface area contributed by atoms with Crippen molar-refractivity contribution in [3.63, 3.8) is 0 Å². The Morgan fingerprint density at radius 2 is 1.84 bits per heavy atom. The van der Waals surface area contributed by atoms with Crippen molar-refractivity contribution >= 4 is 46.2 Å². The number of benzene rings is 2. The molecule has 0 radical (unpaired) electrons. The van der Waals surface area contributed by atoms with Gasteiger partial charge < -0.3 is 10.5 Å². The molecule has 0 aliphatic carbocycles. The summed E-state index contributed by atoms with van der Waals surface area (Å²) in [4.78, 5) is 47.9. The van der Waals surface area contributed by atoms with Gasteiger partial charge in [-0.2, -0.15) is 5.26 Å². The number of thiazole rings is 1. The highest BCUT2D eigenvalue weighted by Gasteiger charge is 2.37. The molecular weight excluding hydrogens is 502 g/mol. The predicted octanol–water partition coefficient (Wildman–Crippen LogP) is 1.72. The van der Waals surface area contributed by atoms with Crippen LogP contribution in [0.1, 0.15) is 24.0 Å². The van der Waals surface area contributed by atoms with Crippen molar-refractivity contribution in [3.8, 4) is 6.07 Å². The molecule has 3 aromatic rings. The lowest BCUT2D eigenvalue weighted by molar-refractivity contribution is -0.385. The van der Waals surface area contributed by atoms with Crippen molar-refractivity contribution in [1.29, 1.82) is 5.26 Å². The van der Waals surface area contributed by atoms with E-state index >= 15 is 0 Å². The van der Waals surface area contributed by atoms with Crippen LogP contribution in [0.4, 0.5) is 11.4 Å². The summed E-state index contributed by atoms with van der Waals surface area (Å²) in [6.07, 6.45) is 1.41. The lowest BCUT2D eigenvalue weighted by Crippen LogP contribution is -2.40. The largest absolute Gasteiger partial charge is 0.463 e. The number of ether oxygens (including phenoxy) is 1. The number of non-ortho nitro benzene ring substituents is 2. The summed E-state index contributed by atoms with van der Waals surface area (Å²) >= 11 is 0.888. The van der Waals surface area contributed by atoms with Crippen molar-refractivity contribution in [1.82, 2.24) is 4.57 Å². The fraction of sp³-hybridized carbons (Fsp3) is 0.125. The third-order valence-corrected chi connectivity index (χ3v) is 6.67.